The first-order valence-electron chi connectivity index (χ1n) is 11.5. The van der Waals surface area contributed by atoms with Gasteiger partial charge in [0.15, 0.2) is 5.82 Å². The van der Waals surface area contributed by atoms with Crippen LogP contribution < -0.4 is 5.56 Å². The topological polar surface area (TPSA) is 82.9 Å². The molecule has 1 fully saturated rings. The number of hydrogen-bond acceptors (Lipinski definition) is 6. The van der Waals surface area contributed by atoms with E-state index in [-0.39, 0.29) is 11.6 Å². The quantitative estimate of drug-likeness (QED) is 0.493. The van der Waals surface area contributed by atoms with Crippen molar-refractivity contribution in [1.82, 2.24) is 35.0 Å². The SMILES string of the molecule is CCc1ccc2[nH]c(=O)c([C@H](c3nnnn3Cc3ccccc3)N3CCN(C)CC3)cc2c1. The van der Waals surface area contributed by atoms with Crippen molar-refractivity contribution in [2.45, 2.75) is 25.9 Å². The third-order valence-electron chi connectivity index (χ3n) is 6.52. The molecule has 33 heavy (non-hydrogen) atoms. The average Bonchev–Trinajstić information content (AvgIpc) is 3.28. The van der Waals surface area contributed by atoms with E-state index in [4.69, 9.17) is 0 Å². The Balaban J connectivity index is 1.61. The van der Waals surface area contributed by atoms with E-state index in [2.05, 4.69) is 68.5 Å². The Morgan fingerprint density at radius 2 is 1.79 bits per heavy atom. The van der Waals surface area contributed by atoms with Gasteiger partial charge in [0.05, 0.1) is 6.54 Å². The molecule has 1 atom stereocenters. The Kier molecular flexibility index (Phi) is 6.02. The molecule has 1 aliphatic rings. The first-order valence-corrected chi connectivity index (χ1v) is 11.5. The molecule has 0 spiro atoms. The van der Waals surface area contributed by atoms with E-state index in [1.165, 1.54) is 5.56 Å². The number of benzene rings is 2. The number of aromatic nitrogens is 5. The van der Waals surface area contributed by atoms with Crippen molar-refractivity contribution < 1.29 is 0 Å². The van der Waals surface area contributed by atoms with Gasteiger partial charge in [0.2, 0.25) is 0 Å². The van der Waals surface area contributed by atoms with Crippen LogP contribution in [0.5, 0.6) is 0 Å². The predicted octanol–water partition coefficient (Wildman–Crippen LogP) is 2.46. The van der Waals surface area contributed by atoms with Gasteiger partial charge < -0.3 is 9.88 Å². The maximum absolute atomic E-state index is 13.3. The van der Waals surface area contributed by atoms with Crippen molar-refractivity contribution in [1.29, 1.82) is 0 Å². The summed E-state index contributed by atoms with van der Waals surface area (Å²) in [5.74, 6) is 0.694. The van der Waals surface area contributed by atoms with Crippen molar-refractivity contribution >= 4 is 10.9 Å². The summed E-state index contributed by atoms with van der Waals surface area (Å²) in [7, 11) is 2.13. The number of hydrogen-bond donors (Lipinski definition) is 1. The second-order valence-electron chi connectivity index (χ2n) is 8.75. The average molecular weight is 444 g/mol. The molecular formula is C25H29N7O. The Hall–Kier alpha value is -3.36. The Bertz CT molecular complexity index is 1290. The number of H-pyrrole nitrogens is 1. The maximum Gasteiger partial charge on any atom is 0.253 e. The fourth-order valence-corrected chi connectivity index (χ4v) is 4.55. The molecule has 1 N–H and O–H groups in total. The molecule has 1 saturated heterocycles. The minimum absolute atomic E-state index is 0.0927. The molecule has 3 heterocycles. The van der Waals surface area contributed by atoms with Gasteiger partial charge in [-0.3, -0.25) is 9.69 Å². The number of nitrogens with zero attached hydrogens (tertiary/aromatic N) is 6. The second-order valence-corrected chi connectivity index (χ2v) is 8.75. The van der Waals surface area contributed by atoms with Crippen molar-refractivity contribution in [3.05, 3.63) is 87.5 Å². The van der Waals surface area contributed by atoms with E-state index in [9.17, 15) is 4.79 Å². The summed E-state index contributed by atoms with van der Waals surface area (Å²) in [6.45, 7) is 6.24. The number of pyridine rings is 1. The van der Waals surface area contributed by atoms with Crippen molar-refractivity contribution in [2.24, 2.45) is 0 Å². The smallest absolute Gasteiger partial charge is 0.253 e. The first kappa shape index (κ1) is 21.5. The van der Waals surface area contributed by atoms with Gasteiger partial charge in [-0.25, -0.2) is 4.68 Å². The molecule has 0 bridgehead atoms. The molecule has 0 radical (unpaired) electrons. The molecule has 170 valence electrons. The number of nitrogens with one attached hydrogen (secondary N) is 1. The zero-order chi connectivity index (χ0) is 22.8. The zero-order valence-electron chi connectivity index (χ0n) is 19.1. The lowest BCUT2D eigenvalue weighted by Crippen LogP contribution is -2.47. The molecule has 8 nitrogen and oxygen atoms in total. The molecule has 0 saturated carbocycles. The number of rotatable bonds is 6. The highest BCUT2D eigenvalue weighted by atomic mass is 16.1. The van der Waals surface area contributed by atoms with Crippen LogP contribution in [0.15, 0.2) is 59.4 Å². The van der Waals surface area contributed by atoms with Gasteiger partial charge in [-0.2, -0.15) is 0 Å². The van der Waals surface area contributed by atoms with E-state index in [1.54, 1.807) is 0 Å². The van der Waals surface area contributed by atoms with Gasteiger partial charge in [-0.1, -0.05) is 43.3 Å². The highest BCUT2D eigenvalue weighted by Gasteiger charge is 2.32. The predicted molar refractivity (Wildman–Crippen MR) is 128 cm³/mol. The molecular weight excluding hydrogens is 414 g/mol. The molecule has 2 aromatic heterocycles. The van der Waals surface area contributed by atoms with Crippen molar-refractivity contribution in [3.8, 4) is 0 Å². The number of likely N-dealkylation sites (N-methyl/N-ethyl adjacent to an activating group) is 1. The molecule has 8 heteroatoms. The molecule has 0 amide bonds. The largest absolute Gasteiger partial charge is 0.322 e. The van der Waals surface area contributed by atoms with E-state index < -0.39 is 0 Å². The van der Waals surface area contributed by atoms with Gasteiger partial charge in [-0.05, 0) is 58.6 Å². The van der Waals surface area contributed by atoms with Gasteiger partial charge in [0.25, 0.3) is 5.56 Å². The van der Waals surface area contributed by atoms with Gasteiger partial charge >= 0.3 is 0 Å². The summed E-state index contributed by atoms with van der Waals surface area (Å²) in [5.41, 5.74) is 3.80. The van der Waals surface area contributed by atoms with E-state index in [1.807, 2.05) is 35.0 Å². The van der Waals surface area contributed by atoms with Crippen LogP contribution in [0.4, 0.5) is 0 Å². The van der Waals surface area contributed by atoms with Crippen molar-refractivity contribution in [3.63, 3.8) is 0 Å². The summed E-state index contributed by atoms with van der Waals surface area (Å²) in [4.78, 5) is 21.1. The lowest BCUT2D eigenvalue weighted by molar-refractivity contribution is 0.121. The highest BCUT2D eigenvalue weighted by Crippen LogP contribution is 2.28. The van der Waals surface area contributed by atoms with Crippen LogP contribution in [-0.2, 0) is 13.0 Å². The Labute approximate surface area is 192 Å². The minimum atomic E-state index is -0.323. The van der Waals surface area contributed by atoms with Crippen LogP contribution in [0, 0.1) is 0 Å². The van der Waals surface area contributed by atoms with Crippen LogP contribution >= 0.6 is 0 Å². The number of aromatic amines is 1. The summed E-state index contributed by atoms with van der Waals surface area (Å²) >= 11 is 0. The molecule has 4 aromatic rings. The van der Waals surface area contributed by atoms with Crippen LogP contribution in [0.2, 0.25) is 0 Å². The van der Waals surface area contributed by atoms with Crippen LogP contribution in [0.1, 0.15) is 35.5 Å². The molecule has 5 rings (SSSR count). The van der Waals surface area contributed by atoms with E-state index in [0.717, 1.165) is 49.1 Å². The lowest BCUT2D eigenvalue weighted by Gasteiger charge is -2.37. The van der Waals surface area contributed by atoms with Crippen LogP contribution in [0.25, 0.3) is 10.9 Å². The van der Waals surface area contributed by atoms with Gasteiger partial charge in [-0.15, -0.1) is 5.10 Å². The lowest BCUT2D eigenvalue weighted by atomic mass is 10.0. The normalized spacial score (nSPS) is 16.3. The van der Waals surface area contributed by atoms with E-state index >= 15 is 0 Å². The number of tetrazole rings is 1. The minimum Gasteiger partial charge on any atom is -0.322 e. The third-order valence-corrected chi connectivity index (χ3v) is 6.52. The van der Waals surface area contributed by atoms with E-state index in [0.29, 0.717) is 17.9 Å². The zero-order valence-corrected chi connectivity index (χ0v) is 19.1. The summed E-state index contributed by atoms with van der Waals surface area (Å²) < 4.78 is 1.82. The fraction of sp³-hybridized carbons (Fsp3) is 0.360. The van der Waals surface area contributed by atoms with Crippen LogP contribution in [0.3, 0.4) is 0 Å². The summed E-state index contributed by atoms with van der Waals surface area (Å²) in [5, 5.41) is 13.8. The Morgan fingerprint density at radius 1 is 1.00 bits per heavy atom. The van der Waals surface area contributed by atoms with Crippen molar-refractivity contribution in [2.75, 3.05) is 33.2 Å². The number of piperazine rings is 1. The van der Waals surface area contributed by atoms with Crippen LogP contribution in [-0.4, -0.2) is 68.2 Å². The summed E-state index contributed by atoms with van der Waals surface area (Å²) in [6.07, 6.45) is 0.946. The molecule has 1 aliphatic heterocycles. The second kappa shape index (κ2) is 9.25. The number of fused-ring (bicyclic) bond motifs is 1. The molecule has 0 unspecified atom stereocenters. The van der Waals surface area contributed by atoms with Gasteiger partial charge in [0, 0.05) is 37.3 Å². The first-order chi connectivity index (χ1) is 16.1. The molecule has 0 aliphatic carbocycles. The Morgan fingerprint density at radius 3 is 2.55 bits per heavy atom. The fourth-order valence-electron chi connectivity index (χ4n) is 4.55. The molecule has 2 aromatic carbocycles. The summed E-state index contributed by atoms with van der Waals surface area (Å²) in [6, 6.07) is 18.1. The standard InChI is InChI=1S/C25H29N7O/c1-3-18-9-10-22-20(15-18)16-21(25(33)26-22)23(31-13-11-30(2)12-14-31)24-27-28-29-32(24)17-19-7-5-4-6-8-19/h4-10,15-16,23H,3,11-14,17H2,1-2H3,(H,26,33)/t23-/m1/s1. The highest BCUT2D eigenvalue weighted by molar-refractivity contribution is 5.80. The monoisotopic (exact) mass is 443 g/mol. The van der Waals surface area contributed by atoms with Gasteiger partial charge in [0.1, 0.15) is 6.04 Å². The third kappa shape index (κ3) is 4.44. The number of aryl methyl sites for hydroxylation is 1. The maximum atomic E-state index is 13.3.